The Hall–Kier alpha value is -1.49. The van der Waals surface area contributed by atoms with Crippen LogP contribution in [0.2, 0.25) is 0 Å². The molecular formula is C17H16O2S2. The predicted molar refractivity (Wildman–Crippen MR) is 89.4 cm³/mol. The lowest BCUT2D eigenvalue weighted by Gasteiger charge is -2.05. The largest absolute Gasteiger partial charge is 0.396 e. The molecule has 0 saturated carbocycles. The molecule has 0 bridgehead atoms. The van der Waals surface area contributed by atoms with E-state index in [0.29, 0.717) is 6.42 Å². The molecule has 0 saturated heterocycles. The first-order valence-corrected chi connectivity index (χ1v) is 8.22. The minimum atomic E-state index is -0.0203. The summed E-state index contributed by atoms with van der Waals surface area (Å²) in [6, 6.07) is 19.4. The average molecular weight is 316 g/mol. The highest BCUT2D eigenvalue weighted by atomic mass is 32.2. The van der Waals surface area contributed by atoms with Crippen molar-refractivity contribution in [3.8, 4) is 0 Å². The second-order valence-corrected chi connectivity index (χ2v) is 6.51. The molecule has 4 heteroatoms. The molecule has 0 spiro atoms. The number of carbonyl (C=O) groups is 1. The van der Waals surface area contributed by atoms with Gasteiger partial charge < -0.3 is 5.11 Å². The first kappa shape index (κ1) is 15.9. The van der Waals surface area contributed by atoms with Crippen molar-refractivity contribution in [3.05, 3.63) is 71.6 Å². The molecule has 1 N–H and O–H groups in total. The second kappa shape index (κ2) is 8.72. The van der Waals surface area contributed by atoms with E-state index in [-0.39, 0.29) is 11.7 Å². The van der Waals surface area contributed by atoms with Crippen LogP contribution in [0, 0.1) is 0 Å². The van der Waals surface area contributed by atoms with Gasteiger partial charge in [-0.3, -0.25) is 4.79 Å². The number of aliphatic hydroxyl groups is 1. The molecule has 108 valence electrons. The minimum absolute atomic E-state index is 0.0203. The summed E-state index contributed by atoms with van der Waals surface area (Å²) in [5.74, 6) is 0. The topological polar surface area (TPSA) is 37.3 Å². The highest BCUT2D eigenvalue weighted by Crippen LogP contribution is 2.30. The van der Waals surface area contributed by atoms with Crippen LogP contribution in [0.15, 0.2) is 81.4 Å². The van der Waals surface area contributed by atoms with E-state index in [2.05, 4.69) is 0 Å². The number of rotatable bonds is 6. The van der Waals surface area contributed by atoms with Crippen molar-refractivity contribution in [2.24, 2.45) is 0 Å². The first-order chi connectivity index (χ1) is 10.3. The van der Waals surface area contributed by atoms with Gasteiger partial charge in [-0.15, -0.1) is 0 Å². The maximum atomic E-state index is 12.1. The molecule has 2 aromatic rings. The molecule has 0 heterocycles. The summed E-state index contributed by atoms with van der Waals surface area (Å²) >= 11 is 2.72. The first-order valence-electron chi connectivity index (χ1n) is 6.59. The molecule has 21 heavy (non-hydrogen) atoms. The third-order valence-electron chi connectivity index (χ3n) is 2.59. The number of aliphatic hydroxyl groups excluding tert-OH is 1. The standard InChI is InChI=1S/C17H16O2S2/c18-12-11-16(20-14-7-3-1-4-8-14)13-17(19)21-15-9-5-2-6-10-15/h1-10,13,18H,11-12H2/b16-13-. The molecule has 2 aromatic carbocycles. The fourth-order valence-corrected chi connectivity index (χ4v) is 3.42. The Morgan fingerprint density at radius 1 is 0.905 bits per heavy atom. The second-order valence-electron chi connectivity index (χ2n) is 4.23. The Kier molecular flexibility index (Phi) is 6.60. The summed E-state index contributed by atoms with van der Waals surface area (Å²) in [6.45, 7) is 0.0367. The van der Waals surface area contributed by atoms with E-state index in [0.717, 1.165) is 14.7 Å². The summed E-state index contributed by atoms with van der Waals surface area (Å²) in [5.41, 5.74) is 0. The van der Waals surface area contributed by atoms with E-state index >= 15 is 0 Å². The van der Waals surface area contributed by atoms with Gasteiger partial charge >= 0.3 is 0 Å². The van der Waals surface area contributed by atoms with E-state index in [9.17, 15) is 4.79 Å². The molecule has 0 fully saturated rings. The molecule has 0 unspecified atom stereocenters. The molecule has 0 radical (unpaired) electrons. The fraction of sp³-hybridized carbons (Fsp3) is 0.118. The Morgan fingerprint density at radius 2 is 1.43 bits per heavy atom. The van der Waals surface area contributed by atoms with Crippen LogP contribution in [0.1, 0.15) is 6.42 Å². The summed E-state index contributed by atoms with van der Waals surface area (Å²) in [5, 5.41) is 9.12. The lowest BCUT2D eigenvalue weighted by atomic mass is 10.4. The maximum Gasteiger partial charge on any atom is 0.217 e. The van der Waals surface area contributed by atoms with Crippen LogP contribution < -0.4 is 0 Å². The predicted octanol–water partition coefficient (Wildman–Crippen LogP) is 4.36. The number of hydrogen-bond acceptors (Lipinski definition) is 4. The van der Waals surface area contributed by atoms with E-state index in [1.807, 2.05) is 60.7 Å². The number of benzene rings is 2. The van der Waals surface area contributed by atoms with Crippen molar-refractivity contribution >= 4 is 28.6 Å². The van der Waals surface area contributed by atoms with Crippen molar-refractivity contribution in [2.45, 2.75) is 16.2 Å². The van der Waals surface area contributed by atoms with Gasteiger partial charge in [-0.05, 0) is 40.9 Å². The molecular weight excluding hydrogens is 300 g/mol. The highest BCUT2D eigenvalue weighted by molar-refractivity contribution is 8.14. The van der Waals surface area contributed by atoms with Crippen molar-refractivity contribution in [1.29, 1.82) is 0 Å². The average Bonchev–Trinajstić information content (AvgIpc) is 2.49. The van der Waals surface area contributed by atoms with Crippen LogP contribution in [0.3, 0.4) is 0 Å². The van der Waals surface area contributed by atoms with Crippen LogP contribution in [0.4, 0.5) is 0 Å². The molecule has 0 atom stereocenters. The van der Waals surface area contributed by atoms with Gasteiger partial charge in [0.15, 0.2) is 0 Å². The third kappa shape index (κ3) is 5.79. The normalized spacial score (nSPS) is 11.4. The molecule has 0 aromatic heterocycles. The minimum Gasteiger partial charge on any atom is -0.396 e. The van der Waals surface area contributed by atoms with E-state index in [1.54, 1.807) is 6.08 Å². The van der Waals surface area contributed by atoms with Crippen molar-refractivity contribution in [3.63, 3.8) is 0 Å². The number of carbonyl (C=O) groups excluding carboxylic acids is 1. The molecule has 2 rings (SSSR count). The van der Waals surface area contributed by atoms with E-state index in [4.69, 9.17) is 5.11 Å². The maximum absolute atomic E-state index is 12.1. The highest BCUT2D eigenvalue weighted by Gasteiger charge is 2.06. The zero-order valence-corrected chi connectivity index (χ0v) is 13.1. The molecule has 0 aliphatic rings. The van der Waals surface area contributed by atoms with Crippen molar-refractivity contribution in [2.75, 3.05) is 6.61 Å². The quantitative estimate of drug-likeness (QED) is 0.634. The number of hydrogen-bond donors (Lipinski definition) is 1. The van der Waals surface area contributed by atoms with E-state index in [1.165, 1.54) is 23.5 Å². The summed E-state index contributed by atoms with van der Waals surface area (Å²) < 4.78 is 0. The lowest BCUT2D eigenvalue weighted by Crippen LogP contribution is -1.91. The Balaban J connectivity index is 2.04. The van der Waals surface area contributed by atoms with Gasteiger partial charge in [0.1, 0.15) is 0 Å². The molecule has 0 aliphatic carbocycles. The zero-order valence-electron chi connectivity index (χ0n) is 11.4. The number of thioether (sulfide) groups is 2. The SMILES string of the molecule is O=C(/C=C(/CCO)Sc1ccccc1)Sc1ccccc1. The Morgan fingerprint density at radius 3 is 1.95 bits per heavy atom. The molecule has 0 amide bonds. The van der Waals surface area contributed by atoms with Gasteiger partial charge in [-0.2, -0.15) is 0 Å². The van der Waals surface area contributed by atoms with Gasteiger partial charge in [0, 0.05) is 28.9 Å². The van der Waals surface area contributed by atoms with Crippen molar-refractivity contribution < 1.29 is 9.90 Å². The van der Waals surface area contributed by atoms with Gasteiger partial charge in [-0.25, -0.2) is 0 Å². The summed E-state index contributed by atoms with van der Waals surface area (Å²) in [4.78, 5) is 14.9. The summed E-state index contributed by atoms with van der Waals surface area (Å²) in [7, 11) is 0. The smallest absolute Gasteiger partial charge is 0.217 e. The Labute approximate surface area is 133 Å². The van der Waals surface area contributed by atoms with E-state index < -0.39 is 0 Å². The Bertz CT molecular complexity index is 595. The van der Waals surface area contributed by atoms with Gasteiger partial charge in [0.05, 0.1) is 0 Å². The summed E-state index contributed by atoms with van der Waals surface area (Å²) in [6.07, 6.45) is 2.10. The zero-order chi connectivity index (χ0) is 14.9. The fourth-order valence-electron chi connectivity index (χ4n) is 1.67. The van der Waals surface area contributed by atoms with Gasteiger partial charge in [0.2, 0.25) is 5.12 Å². The van der Waals surface area contributed by atoms with Crippen molar-refractivity contribution in [1.82, 2.24) is 0 Å². The van der Waals surface area contributed by atoms with Gasteiger partial charge in [0.25, 0.3) is 0 Å². The van der Waals surface area contributed by atoms with Crippen LogP contribution >= 0.6 is 23.5 Å². The van der Waals surface area contributed by atoms with Crippen LogP contribution in [-0.2, 0) is 4.79 Å². The van der Waals surface area contributed by atoms with Crippen LogP contribution in [-0.4, -0.2) is 16.8 Å². The third-order valence-corrected chi connectivity index (χ3v) is 4.51. The van der Waals surface area contributed by atoms with Crippen LogP contribution in [0.5, 0.6) is 0 Å². The monoisotopic (exact) mass is 316 g/mol. The lowest BCUT2D eigenvalue weighted by molar-refractivity contribution is -0.107. The van der Waals surface area contributed by atoms with Crippen LogP contribution in [0.25, 0.3) is 0 Å². The van der Waals surface area contributed by atoms with Gasteiger partial charge in [-0.1, -0.05) is 48.2 Å². The molecule has 0 aliphatic heterocycles. The molecule has 2 nitrogen and oxygen atoms in total.